The lowest BCUT2D eigenvalue weighted by Crippen LogP contribution is -2.23. The van der Waals surface area contributed by atoms with E-state index in [9.17, 15) is 4.79 Å². The summed E-state index contributed by atoms with van der Waals surface area (Å²) < 4.78 is 17.5. The highest BCUT2D eigenvalue weighted by atomic mass is 16.7. The van der Waals surface area contributed by atoms with E-state index in [1.54, 1.807) is 30.2 Å². The summed E-state index contributed by atoms with van der Waals surface area (Å²) in [5.74, 6) is 1.69. The molecule has 0 fully saturated rings. The Hall–Kier alpha value is -4.15. The molecule has 0 spiro atoms. The Labute approximate surface area is 163 Å². The van der Waals surface area contributed by atoms with Crippen LogP contribution in [-0.4, -0.2) is 42.8 Å². The van der Waals surface area contributed by atoms with Gasteiger partial charge in [0.05, 0.1) is 24.0 Å². The van der Waals surface area contributed by atoms with Crippen LogP contribution in [0.4, 0.5) is 0 Å². The van der Waals surface area contributed by atoms with Gasteiger partial charge in [-0.1, -0.05) is 5.16 Å². The third kappa shape index (κ3) is 3.29. The Morgan fingerprint density at radius 2 is 2.14 bits per heavy atom. The van der Waals surface area contributed by atoms with E-state index in [-0.39, 0.29) is 25.1 Å². The molecule has 11 heteroatoms. The van der Waals surface area contributed by atoms with Gasteiger partial charge in [0.1, 0.15) is 5.69 Å². The number of aromatic amines is 1. The van der Waals surface area contributed by atoms with Crippen molar-refractivity contribution < 1.29 is 18.8 Å². The molecule has 4 aromatic rings. The van der Waals surface area contributed by atoms with Crippen LogP contribution in [-0.2, 0) is 13.6 Å². The summed E-state index contributed by atoms with van der Waals surface area (Å²) in [6, 6.07) is 7.13. The Morgan fingerprint density at radius 1 is 1.24 bits per heavy atom. The molecule has 4 heterocycles. The van der Waals surface area contributed by atoms with E-state index < -0.39 is 0 Å². The van der Waals surface area contributed by atoms with Crippen molar-refractivity contribution in [1.82, 2.24) is 35.4 Å². The van der Waals surface area contributed by atoms with Crippen LogP contribution < -0.4 is 14.8 Å². The van der Waals surface area contributed by atoms with Gasteiger partial charge >= 0.3 is 0 Å². The maximum Gasteiger partial charge on any atom is 0.269 e. The number of benzene rings is 1. The third-order valence-electron chi connectivity index (χ3n) is 4.32. The normalized spacial score (nSPS) is 12.3. The maximum absolute atomic E-state index is 12.4. The van der Waals surface area contributed by atoms with Gasteiger partial charge in [0.25, 0.3) is 5.91 Å². The number of hydrogen-bond donors (Lipinski definition) is 2. The van der Waals surface area contributed by atoms with E-state index in [1.807, 2.05) is 18.2 Å². The zero-order valence-corrected chi connectivity index (χ0v) is 15.2. The number of amides is 1. The number of aryl methyl sites for hydroxylation is 1. The number of H-pyrrole nitrogens is 1. The molecule has 5 rings (SSSR count). The van der Waals surface area contributed by atoms with Crippen molar-refractivity contribution in [1.29, 1.82) is 0 Å². The number of fused-ring (bicyclic) bond motifs is 1. The second-order valence-corrected chi connectivity index (χ2v) is 6.33. The van der Waals surface area contributed by atoms with Gasteiger partial charge < -0.3 is 19.3 Å². The number of aromatic nitrogens is 6. The quantitative estimate of drug-likeness (QED) is 0.521. The number of nitrogens with one attached hydrogen (secondary N) is 2. The first-order valence-corrected chi connectivity index (χ1v) is 8.71. The number of carbonyl (C=O) groups excluding carboxylic acids is 1. The van der Waals surface area contributed by atoms with Gasteiger partial charge in [-0.3, -0.25) is 14.6 Å². The molecule has 0 aliphatic carbocycles. The first-order valence-electron chi connectivity index (χ1n) is 8.71. The minimum Gasteiger partial charge on any atom is -0.454 e. The van der Waals surface area contributed by atoms with Crippen LogP contribution in [0.15, 0.2) is 41.2 Å². The molecule has 29 heavy (non-hydrogen) atoms. The second kappa shape index (κ2) is 6.78. The molecule has 146 valence electrons. The highest BCUT2D eigenvalue weighted by Crippen LogP contribution is 2.35. The molecular formula is C18H15N7O4. The summed E-state index contributed by atoms with van der Waals surface area (Å²) in [5.41, 5.74) is 2.47. The Balaban J connectivity index is 1.24. The molecule has 0 saturated heterocycles. The van der Waals surface area contributed by atoms with Gasteiger partial charge in [0.2, 0.25) is 18.5 Å². The maximum atomic E-state index is 12.4. The summed E-state index contributed by atoms with van der Waals surface area (Å²) >= 11 is 0. The van der Waals surface area contributed by atoms with Crippen LogP contribution in [0.2, 0.25) is 0 Å². The lowest BCUT2D eigenvalue weighted by Gasteiger charge is -1.99. The van der Waals surface area contributed by atoms with Gasteiger partial charge in [-0.05, 0) is 24.3 Å². The van der Waals surface area contributed by atoms with Crippen molar-refractivity contribution in [2.45, 2.75) is 6.54 Å². The van der Waals surface area contributed by atoms with E-state index in [2.05, 4.69) is 30.8 Å². The lowest BCUT2D eigenvalue weighted by atomic mass is 10.1. The molecule has 0 unspecified atom stereocenters. The van der Waals surface area contributed by atoms with Crippen molar-refractivity contribution in [2.24, 2.45) is 7.05 Å². The van der Waals surface area contributed by atoms with Gasteiger partial charge in [-0.15, -0.1) is 0 Å². The SMILES string of the molecule is Cn1cc(-c2noc(CNC(=O)c3cc(-c4ccc5c(c4)OCO5)n[nH]3)n2)cn1. The second-order valence-electron chi connectivity index (χ2n) is 6.33. The van der Waals surface area contributed by atoms with Crippen LogP contribution in [0.25, 0.3) is 22.6 Å². The predicted octanol–water partition coefficient (Wildman–Crippen LogP) is 1.52. The molecule has 1 aliphatic heterocycles. The third-order valence-corrected chi connectivity index (χ3v) is 4.32. The first kappa shape index (κ1) is 17.0. The van der Waals surface area contributed by atoms with Crippen molar-refractivity contribution in [3.8, 4) is 34.1 Å². The Kier molecular flexibility index (Phi) is 3.97. The fraction of sp³-hybridized carbons (Fsp3) is 0.167. The highest BCUT2D eigenvalue weighted by molar-refractivity contribution is 5.93. The van der Waals surface area contributed by atoms with E-state index in [1.165, 1.54) is 0 Å². The molecule has 1 amide bonds. The Bertz CT molecular complexity index is 1190. The molecule has 0 saturated carbocycles. The molecule has 2 N–H and O–H groups in total. The van der Waals surface area contributed by atoms with Gasteiger partial charge in [-0.25, -0.2) is 0 Å². The summed E-state index contributed by atoms with van der Waals surface area (Å²) in [6.45, 7) is 0.287. The van der Waals surface area contributed by atoms with E-state index in [4.69, 9.17) is 14.0 Å². The molecule has 0 bridgehead atoms. The highest BCUT2D eigenvalue weighted by Gasteiger charge is 2.17. The first-order chi connectivity index (χ1) is 14.2. The topological polar surface area (TPSA) is 133 Å². The molecule has 1 aliphatic rings. The summed E-state index contributed by atoms with van der Waals surface area (Å²) in [5, 5.41) is 17.6. The van der Waals surface area contributed by atoms with Crippen LogP contribution in [0, 0.1) is 0 Å². The number of carbonyl (C=O) groups is 1. The smallest absolute Gasteiger partial charge is 0.269 e. The van der Waals surface area contributed by atoms with Crippen molar-refractivity contribution in [3.05, 3.63) is 48.2 Å². The lowest BCUT2D eigenvalue weighted by molar-refractivity contribution is 0.0941. The molecule has 0 radical (unpaired) electrons. The van der Waals surface area contributed by atoms with Crippen LogP contribution in [0.5, 0.6) is 11.5 Å². The number of hydrogen-bond acceptors (Lipinski definition) is 8. The average Bonchev–Trinajstić information content (AvgIpc) is 3.52. The zero-order chi connectivity index (χ0) is 19.8. The molecule has 3 aromatic heterocycles. The van der Waals surface area contributed by atoms with Crippen LogP contribution in [0.3, 0.4) is 0 Å². The van der Waals surface area contributed by atoms with E-state index in [0.717, 1.165) is 11.1 Å². The number of ether oxygens (including phenoxy) is 2. The van der Waals surface area contributed by atoms with Gasteiger partial charge in [0.15, 0.2) is 11.5 Å². The Morgan fingerprint density at radius 3 is 3.00 bits per heavy atom. The minimum atomic E-state index is -0.342. The molecule has 0 atom stereocenters. The monoisotopic (exact) mass is 393 g/mol. The predicted molar refractivity (Wildman–Crippen MR) is 97.8 cm³/mol. The summed E-state index contributed by atoms with van der Waals surface area (Å²) in [7, 11) is 1.80. The molecular weight excluding hydrogens is 378 g/mol. The average molecular weight is 393 g/mol. The largest absolute Gasteiger partial charge is 0.454 e. The fourth-order valence-electron chi connectivity index (χ4n) is 2.87. The van der Waals surface area contributed by atoms with Gasteiger partial charge in [-0.2, -0.15) is 15.2 Å². The van der Waals surface area contributed by atoms with Crippen LogP contribution >= 0.6 is 0 Å². The standard InChI is InChI=1S/C18H15N7O4/c1-25-8-11(6-20-25)17-21-16(29-24-17)7-19-18(26)13-5-12(22-23-13)10-2-3-14-15(4-10)28-9-27-14/h2-6,8H,7,9H2,1H3,(H,19,26)(H,22,23). The number of rotatable bonds is 5. The molecule has 11 nitrogen and oxygen atoms in total. The minimum absolute atomic E-state index is 0.0878. The zero-order valence-electron chi connectivity index (χ0n) is 15.2. The van der Waals surface area contributed by atoms with E-state index in [0.29, 0.717) is 28.7 Å². The van der Waals surface area contributed by atoms with Crippen molar-refractivity contribution in [2.75, 3.05) is 6.79 Å². The van der Waals surface area contributed by atoms with Crippen molar-refractivity contribution >= 4 is 5.91 Å². The molecule has 1 aromatic carbocycles. The summed E-state index contributed by atoms with van der Waals surface area (Å²) in [4.78, 5) is 16.6. The van der Waals surface area contributed by atoms with E-state index >= 15 is 0 Å². The number of nitrogens with zero attached hydrogens (tertiary/aromatic N) is 5. The van der Waals surface area contributed by atoms with Crippen LogP contribution in [0.1, 0.15) is 16.4 Å². The van der Waals surface area contributed by atoms with Gasteiger partial charge in [0, 0.05) is 18.8 Å². The van der Waals surface area contributed by atoms with Crippen molar-refractivity contribution in [3.63, 3.8) is 0 Å². The fourth-order valence-corrected chi connectivity index (χ4v) is 2.87. The summed E-state index contributed by atoms with van der Waals surface area (Å²) in [6.07, 6.45) is 3.41.